The minimum atomic E-state index is -0.0303. The van der Waals surface area contributed by atoms with Crippen LogP contribution in [0, 0.1) is 0 Å². The van der Waals surface area contributed by atoms with Crippen LogP contribution in [-0.2, 0) is 10.2 Å². The Bertz CT molecular complexity index is 493. The lowest BCUT2D eigenvalue weighted by Gasteiger charge is -2.27. The van der Waals surface area contributed by atoms with E-state index in [-0.39, 0.29) is 29.4 Å². The molecule has 0 bridgehead atoms. The van der Waals surface area contributed by atoms with E-state index in [1.54, 1.807) is 14.2 Å². The highest BCUT2D eigenvalue weighted by Gasteiger charge is 2.21. The molecule has 0 atom stereocenters. The lowest BCUT2D eigenvalue weighted by atomic mass is 9.84. The molecule has 138 valence electrons. The van der Waals surface area contributed by atoms with E-state index in [9.17, 15) is 0 Å². The zero-order chi connectivity index (χ0) is 17.1. The van der Waals surface area contributed by atoms with Crippen LogP contribution in [0.5, 0.6) is 5.75 Å². The summed E-state index contributed by atoms with van der Waals surface area (Å²) in [4.78, 5) is 4.27. The first-order valence-electron chi connectivity index (χ1n) is 8.20. The van der Waals surface area contributed by atoms with Crippen LogP contribution in [0.3, 0.4) is 0 Å². The molecule has 1 aromatic rings. The van der Waals surface area contributed by atoms with E-state index in [1.165, 1.54) is 5.56 Å². The van der Waals surface area contributed by atoms with Crippen LogP contribution in [0.15, 0.2) is 29.3 Å². The van der Waals surface area contributed by atoms with Crippen molar-refractivity contribution in [2.24, 2.45) is 4.99 Å². The first kappa shape index (κ1) is 23.0. The second kappa shape index (κ2) is 12.4. The summed E-state index contributed by atoms with van der Waals surface area (Å²) in [7, 11) is 3.48. The van der Waals surface area contributed by atoms with Gasteiger partial charge in [0, 0.05) is 38.8 Å². The number of ether oxygens (including phenoxy) is 2. The van der Waals surface area contributed by atoms with Crippen LogP contribution >= 0.6 is 24.0 Å². The van der Waals surface area contributed by atoms with Crippen molar-refractivity contribution in [3.8, 4) is 5.75 Å². The quantitative estimate of drug-likeness (QED) is 0.263. The van der Waals surface area contributed by atoms with Gasteiger partial charge in [-0.3, -0.25) is 4.99 Å². The smallest absolute Gasteiger partial charge is 0.191 e. The summed E-state index contributed by atoms with van der Waals surface area (Å²) < 4.78 is 10.6. The van der Waals surface area contributed by atoms with Gasteiger partial charge in [0.25, 0.3) is 0 Å². The Kier molecular flexibility index (Phi) is 11.8. The lowest BCUT2D eigenvalue weighted by Crippen LogP contribution is -2.43. The van der Waals surface area contributed by atoms with Crippen LogP contribution in [0.1, 0.15) is 32.8 Å². The minimum Gasteiger partial charge on any atom is -0.497 e. The van der Waals surface area contributed by atoms with E-state index in [2.05, 4.69) is 41.6 Å². The third-order valence-corrected chi connectivity index (χ3v) is 3.73. The molecule has 0 saturated heterocycles. The van der Waals surface area contributed by atoms with E-state index in [0.717, 1.165) is 44.4 Å². The van der Waals surface area contributed by atoms with Crippen molar-refractivity contribution < 1.29 is 9.47 Å². The van der Waals surface area contributed by atoms with Crippen molar-refractivity contribution in [1.82, 2.24) is 10.6 Å². The highest BCUT2D eigenvalue weighted by molar-refractivity contribution is 14.0. The predicted octanol–water partition coefficient (Wildman–Crippen LogP) is 3.18. The number of nitrogens with zero attached hydrogens (tertiary/aromatic N) is 1. The number of rotatable bonds is 9. The SMILES string of the molecule is CCOCCCNC(=NC)NCC(C)(C)c1cccc(OC)c1.I. The van der Waals surface area contributed by atoms with Gasteiger partial charge in [-0.1, -0.05) is 26.0 Å². The summed E-state index contributed by atoms with van der Waals surface area (Å²) in [6, 6.07) is 8.20. The fourth-order valence-corrected chi connectivity index (χ4v) is 2.20. The number of methoxy groups -OCH3 is 1. The number of hydrogen-bond acceptors (Lipinski definition) is 3. The van der Waals surface area contributed by atoms with Gasteiger partial charge in [0.15, 0.2) is 5.96 Å². The molecule has 0 aliphatic rings. The van der Waals surface area contributed by atoms with Crippen molar-refractivity contribution >= 4 is 29.9 Å². The minimum absolute atomic E-state index is 0. The largest absolute Gasteiger partial charge is 0.497 e. The third kappa shape index (κ3) is 8.19. The van der Waals surface area contributed by atoms with Gasteiger partial charge in [-0.2, -0.15) is 0 Å². The monoisotopic (exact) mass is 449 g/mol. The molecule has 0 fully saturated rings. The maximum Gasteiger partial charge on any atom is 0.191 e. The first-order chi connectivity index (χ1) is 11.0. The molecule has 1 rings (SSSR count). The molecule has 24 heavy (non-hydrogen) atoms. The molecule has 1 aromatic carbocycles. The molecule has 6 heteroatoms. The van der Waals surface area contributed by atoms with Crippen molar-refractivity contribution in [3.63, 3.8) is 0 Å². The standard InChI is InChI=1S/C18H31N3O2.HI/c1-6-23-12-8-11-20-17(19-4)21-14-18(2,3)15-9-7-10-16(13-15)22-5;/h7,9-10,13H,6,8,11-12,14H2,1-5H3,(H2,19,20,21);1H. The Morgan fingerprint density at radius 2 is 2.00 bits per heavy atom. The van der Waals surface area contributed by atoms with Gasteiger partial charge in [-0.05, 0) is 31.0 Å². The van der Waals surface area contributed by atoms with Gasteiger partial charge in [-0.15, -0.1) is 24.0 Å². The Labute approximate surface area is 163 Å². The number of guanidine groups is 1. The number of nitrogens with one attached hydrogen (secondary N) is 2. The summed E-state index contributed by atoms with van der Waals surface area (Å²) >= 11 is 0. The summed E-state index contributed by atoms with van der Waals surface area (Å²) in [6.07, 6.45) is 0.966. The normalized spacial score (nSPS) is 11.6. The van der Waals surface area contributed by atoms with Crippen LogP contribution in [0.2, 0.25) is 0 Å². The number of halogens is 1. The zero-order valence-electron chi connectivity index (χ0n) is 15.5. The summed E-state index contributed by atoms with van der Waals surface area (Å²) in [5, 5.41) is 6.70. The number of aliphatic imine (C=N–C) groups is 1. The van der Waals surface area contributed by atoms with Crippen LogP contribution in [0.25, 0.3) is 0 Å². The molecule has 0 unspecified atom stereocenters. The van der Waals surface area contributed by atoms with Crippen molar-refractivity contribution in [3.05, 3.63) is 29.8 Å². The fourth-order valence-electron chi connectivity index (χ4n) is 2.20. The molecule has 0 aromatic heterocycles. The number of benzene rings is 1. The summed E-state index contributed by atoms with van der Waals surface area (Å²) in [5.41, 5.74) is 1.20. The van der Waals surface area contributed by atoms with E-state index in [1.807, 2.05) is 19.1 Å². The Morgan fingerprint density at radius 1 is 1.25 bits per heavy atom. The van der Waals surface area contributed by atoms with Gasteiger partial charge in [0.2, 0.25) is 0 Å². The Hall–Kier alpha value is -1.02. The zero-order valence-corrected chi connectivity index (χ0v) is 17.8. The molecule has 0 aliphatic heterocycles. The summed E-state index contributed by atoms with van der Waals surface area (Å²) in [6.45, 7) is 9.59. The molecule has 0 saturated carbocycles. The first-order valence-corrected chi connectivity index (χ1v) is 8.20. The Balaban J connectivity index is 0.00000529. The number of hydrogen-bond donors (Lipinski definition) is 2. The highest BCUT2D eigenvalue weighted by atomic mass is 127. The molecular weight excluding hydrogens is 417 g/mol. The van der Waals surface area contributed by atoms with Crippen molar-refractivity contribution in [2.45, 2.75) is 32.6 Å². The average molecular weight is 449 g/mol. The lowest BCUT2D eigenvalue weighted by molar-refractivity contribution is 0.145. The van der Waals surface area contributed by atoms with E-state index < -0.39 is 0 Å². The van der Waals surface area contributed by atoms with Crippen molar-refractivity contribution in [1.29, 1.82) is 0 Å². The molecule has 0 spiro atoms. The van der Waals surface area contributed by atoms with Gasteiger partial charge in [-0.25, -0.2) is 0 Å². The van der Waals surface area contributed by atoms with E-state index >= 15 is 0 Å². The third-order valence-electron chi connectivity index (χ3n) is 3.73. The van der Waals surface area contributed by atoms with E-state index in [4.69, 9.17) is 9.47 Å². The second-order valence-electron chi connectivity index (χ2n) is 6.02. The van der Waals surface area contributed by atoms with Crippen LogP contribution in [0.4, 0.5) is 0 Å². The van der Waals surface area contributed by atoms with Gasteiger partial charge in [0.05, 0.1) is 7.11 Å². The molecular formula is C18H32IN3O2. The molecule has 0 heterocycles. The van der Waals surface area contributed by atoms with Crippen LogP contribution < -0.4 is 15.4 Å². The maximum absolute atomic E-state index is 5.33. The van der Waals surface area contributed by atoms with Gasteiger partial charge < -0.3 is 20.1 Å². The maximum atomic E-state index is 5.33. The molecule has 0 amide bonds. The summed E-state index contributed by atoms with van der Waals surface area (Å²) in [5.74, 6) is 1.70. The predicted molar refractivity (Wildman–Crippen MR) is 112 cm³/mol. The van der Waals surface area contributed by atoms with E-state index in [0.29, 0.717) is 0 Å². The van der Waals surface area contributed by atoms with Gasteiger partial charge in [0.1, 0.15) is 5.75 Å². The molecule has 2 N–H and O–H groups in total. The average Bonchev–Trinajstić information content (AvgIpc) is 2.57. The molecule has 0 aliphatic carbocycles. The Morgan fingerprint density at radius 3 is 2.62 bits per heavy atom. The second-order valence-corrected chi connectivity index (χ2v) is 6.02. The topological polar surface area (TPSA) is 54.9 Å². The molecule has 0 radical (unpaired) electrons. The fraction of sp³-hybridized carbons (Fsp3) is 0.611. The van der Waals surface area contributed by atoms with Crippen molar-refractivity contribution in [2.75, 3.05) is 40.5 Å². The molecule has 5 nitrogen and oxygen atoms in total. The highest BCUT2D eigenvalue weighted by Crippen LogP contribution is 2.25. The van der Waals surface area contributed by atoms with Crippen LogP contribution in [-0.4, -0.2) is 46.4 Å². The van der Waals surface area contributed by atoms with Gasteiger partial charge >= 0.3 is 0 Å².